The van der Waals surface area contributed by atoms with Crippen molar-refractivity contribution in [2.24, 2.45) is 5.73 Å². The number of benzene rings is 1. The zero-order valence-electron chi connectivity index (χ0n) is 12.1. The first-order valence-electron chi connectivity index (χ1n) is 7.05. The summed E-state index contributed by atoms with van der Waals surface area (Å²) in [5, 5.41) is 5.42. The molecule has 6 heteroatoms. The van der Waals surface area contributed by atoms with Crippen LogP contribution in [-0.4, -0.2) is 36.6 Å². The van der Waals surface area contributed by atoms with Gasteiger partial charge in [-0.15, -0.1) is 0 Å². The van der Waals surface area contributed by atoms with Gasteiger partial charge >= 0.3 is 0 Å². The van der Waals surface area contributed by atoms with Gasteiger partial charge in [-0.1, -0.05) is 18.2 Å². The highest BCUT2D eigenvalue weighted by Gasteiger charge is 2.37. The molecule has 0 radical (unpaired) electrons. The second-order valence-corrected chi connectivity index (χ2v) is 5.32. The fourth-order valence-corrected chi connectivity index (χ4v) is 2.14. The van der Waals surface area contributed by atoms with Gasteiger partial charge < -0.3 is 21.1 Å². The predicted octanol–water partition coefficient (Wildman–Crippen LogP) is 0.638. The van der Waals surface area contributed by atoms with Crippen molar-refractivity contribution in [1.29, 1.82) is 0 Å². The van der Waals surface area contributed by atoms with Crippen LogP contribution in [0.25, 0.3) is 0 Å². The lowest BCUT2D eigenvalue weighted by molar-refractivity contribution is -0.132. The van der Waals surface area contributed by atoms with Gasteiger partial charge in [-0.3, -0.25) is 9.59 Å². The Balaban J connectivity index is 1.89. The molecule has 1 aromatic rings. The molecule has 1 heterocycles. The number of nitrogens with one attached hydrogen (secondary N) is 2. The number of carbonyl (C=O) groups is 2. The molecule has 1 fully saturated rings. The predicted molar refractivity (Wildman–Crippen MR) is 79.6 cm³/mol. The number of para-hydroxylation sites is 1. The zero-order chi connectivity index (χ0) is 15.3. The lowest BCUT2D eigenvalue weighted by atomic mass is 9.90. The first-order valence-corrected chi connectivity index (χ1v) is 7.05. The van der Waals surface area contributed by atoms with Crippen LogP contribution < -0.4 is 16.4 Å². The van der Waals surface area contributed by atoms with Crippen LogP contribution in [0.5, 0.6) is 0 Å². The van der Waals surface area contributed by atoms with Crippen molar-refractivity contribution in [3.05, 3.63) is 30.3 Å². The topological polar surface area (TPSA) is 93.5 Å². The number of rotatable bonds is 4. The van der Waals surface area contributed by atoms with Gasteiger partial charge in [0.25, 0.3) is 0 Å². The number of nitrogens with two attached hydrogens (primary N) is 1. The summed E-state index contributed by atoms with van der Waals surface area (Å²) in [6.45, 7) is 2.57. The highest BCUT2D eigenvalue weighted by atomic mass is 16.5. The average molecular weight is 291 g/mol. The van der Waals surface area contributed by atoms with Crippen LogP contribution in [-0.2, 0) is 14.3 Å². The van der Waals surface area contributed by atoms with E-state index in [2.05, 4.69) is 10.6 Å². The van der Waals surface area contributed by atoms with E-state index >= 15 is 0 Å². The lowest BCUT2D eigenvalue weighted by Gasteiger charge is -2.32. The third kappa shape index (κ3) is 4.03. The molecule has 0 aliphatic carbocycles. The number of anilines is 1. The highest BCUT2D eigenvalue weighted by Crippen LogP contribution is 2.18. The van der Waals surface area contributed by atoms with Crippen molar-refractivity contribution in [3.8, 4) is 0 Å². The highest BCUT2D eigenvalue weighted by molar-refractivity contribution is 5.98. The largest absolute Gasteiger partial charge is 0.381 e. The van der Waals surface area contributed by atoms with Crippen LogP contribution in [0, 0.1) is 0 Å². The van der Waals surface area contributed by atoms with Gasteiger partial charge in [-0.25, -0.2) is 0 Å². The van der Waals surface area contributed by atoms with E-state index in [9.17, 15) is 9.59 Å². The Morgan fingerprint density at radius 1 is 1.24 bits per heavy atom. The Morgan fingerprint density at radius 3 is 2.48 bits per heavy atom. The summed E-state index contributed by atoms with van der Waals surface area (Å²) in [4.78, 5) is 24.3. The van der Waals surface area contributed by atoms with Gasteiger partial charge in [0.2, 0.25) is 11.8 Å². The van der Waals surface area contributed by atoms with Gasteiger partial charge in [0, 0.05) is 18.9 Å². The molecule has 1 saturated heterocycles. The van der Waals surface area contributed by atoms with E-state index in [0.29, 0.717) is 31.7 Å². The Bertz CT molecular complexity index is 498. The van der Waals surface area contributed by atoms with Crippen molar-refractivity contribution in [2.75, 3.05) is 18.5 Å². The molecule has 0 spiro atoms. The number of hydrogen-bond acceptors (Lipinski definition) is 4. The van der Waals surface area contributed by atoms with Gasteiger partial charge in [0.1, 0.15) is 6.04 Å². The molecule has 0 bridgehead atoms. The summed E-state index contributed by atoms with van der Waals surface area (Å²) >= 11 is 0. The molecule has 114 valence electrons. The van der Waals surface area contributed by atoms with Gasteiger partial charge in [0.15, 0.2) is 0 Å². The van der Waals surface area contributed by atoms with Crippen molar-refractivity contribution in [3.63, 3.8) is 0 Å². The normalized spacial score (nSPS) is 18.6. The summed E-state index contributed by atoms with van der Waals surface area (Å²) in [5.74, 6) is -0.577. The first-order chi connectivity index (χ1) is 10.0. The van der Waals surface area contributed by atoms with Crippen molar-refractivity contribution in [2.45, 2.75) is 31.3 Å². The maximum atomic E-state index is 12.2. The van der Waals surface area contributed by atoms with Crippen molar-refractivity contribution >= 4 is 17.5 Å². The summed E-state index contributed by atoms with van der Waals surface area (Å²) in [5.41, 5.74) is 5.83. The van der Waals surface area contributed by atoms with Crippen LogP contribution in [0.1, 0.15) is 19.8 Å². The molecule has 1 aliphatic heterocycles. The summed E-state index contributed by atoms with van der Waals surface area (Å²) < 4.78 is 5.21. The third-order valence-corrected chi connectivity index (χ3v) is 3.62. The standard InChI is InChI=1S/C15H21N3O3/c1-11(13(19)18-12-5-3-2-4-6-12)17-14(20)15(16)7-9-21-10-8-15/h2-6,11H,7-10,16H2,1H3,(H,17,20)(H,18,19). The number of ether oxygens (including phenoxy) is 1. The fraction of sp³-hybridized carbons (Fsp3) is 0.467. The van der Waals surface area contributed by atoms with E-state index in [4.69, 9.17) is 10.5 Å². The fourth-order valence-electron chi connectivity index (χ4n) is 2.14. The quantitative estimate of drug-likeness (QED) is 0.759. The molecule has 4 N–H and O–H groups in total. The van der Waals surface area contributed by atoms with Crippen molar-refractivity contribution < 1.29 is 14.3 Å². The Morgan fingerprint density at radius 2 is 1.86 bits per heavy atom. The second kappa shape index (κ2) is 6.69. The van der Waals surface area contributed by atoms with E-state index in [0.717, 1.165) is 0 Å². The number of amides is 2. The molecule has 1 aliphatic rings. The van der Waals surface area contributed by atoms with Crippen LogP contribution in [0.15, 0.2) is 30.3 Å². The maximum absolute atomic E-state index is 12.2. The number of hydrogen-bond donors (Lipinski definition) is 3. The Labute approximate surface area is 124 Å². The molecular formula is C15H21N3O3. The van der Waals surface area contributed by atoms with E-state index in [1.165, 1.54) is 0 Å². The SMILES string of the molecule is CC(NC(=O)C1(N)CCOCC1)C(=O)Nc1ccccc1. The van der Waals surface area contributed by atoms with Crippen LogP contribution in [0.3, 0.4) is 0 Å². The molecule has 2 rings (SSSR count). The Hall–Kier alpha value is -1.92. The van der Waals surface area contributed by atoms with E-state index < -0.39 is 11.6 Å². The van der Waals surface area contributed by atoms with Crippen LogP contribution >= 0.6 is 0 Å². The average Bonchev–Trinajstić information content (AvgIpc) is 2.49. The van der Waals surface area contributed by atoms with Crippen molar-refractivity contribution in [1.82, 2.24) is 5.32 Å². The van der Waals surface area contributed by atoms with Crippen LogP contribution in [0.2, 0.25) is 0 Å². The molecule has 1 unspecified atom stereocenters. The molecule has 21 heavy (non-hydrogen) atoms. The summed E-state index contributed by atoms with van der Waals surface area (Å²) in [6, 6.07) is 8.45. The van der Waals surface area contributed by atoms with Gasteiger partial charge in [-0.2, -0.15) is 0 Å². The van der Waals surface area contributed by atoms with E-state index in [1.807, 2.05) is 18.2 Å². The summed E-state index contributed by atoms with van der Waals surface area (Å²) in [6.07, 6.45) is 0.928. The zero-order valence-corrected chi connectivity index (χ0v) is 12.1. The number of carbonyl (C=O) groups excluding carboxylic acids is 2. The summed E-state index contributed by atoms with van der Waals surface area (Å²) in [7, 11) is 0. The molecular weight excluding hydrogens is 270 g/mol. The second-order valence-electron chi connectivity index (χ2n) is 5.32. The molecule has 1 atom stereocenters. The van der Waals surface area contributed by atoms with Gasteiger partial charge in [0.05, 0.1) is 5.54 Å². The molecule has 1 aromatic carbocycles. The lowest BCUT2D eigenvalue weighted by Crippen LogP contribution is -2.59. The smallest absolute Gasteiger partial charge is 0.246 e. The minimum atomic E-state index is -0.945. The molecule has 6 nitrogen and oxygen atoms in total. The first kappa shape index (κ1) is 15.5. The van der Waals surface area contributed by atoms with E-state index in [-0.39, 0.29) is 11.8 Å². The maximum Gasteiger partial charge on any atom is 0.246 e. The Kier molecular flexibility index (Phi) is 4.93. The van der Waals surface area contributed by atoms with E-state index in [1.54, 1.807) is 19.1 Å². The molecule has 2 amide bonds. The third-order valence-electron chi connectivity index (χ3n) is 3.62. The molecule has 0 aromatic heterocycles. The minimum Gasteiger partial charge on any atom is -0.381 e. The molecule has 0 saturated carbocycles. The van der Waals surface area contributed by atoms with Crippen LogP contribution in [0.4, 0.5) is 5.69 Å². The minimum absolute atomic E-state index is 0.273. The van der Waals surface area contributed by atoms with Gasteiger partial charge in [-0.05, 0) is 31.9 Å². The monoisotopic (exact) mass is 291 g/mol.